The molecule has 0 radical (unpaired) electrons. The first-order chi connectivity index (χ1) is 41.5. The SMILES string of the molecule is C=C(C)C(=O)OCc1cc(-c2ccc(OCCCCCCCC)c(F)c2)ccc1OCC1COC(=O)OC1.C=C(C)C(=O)Oc1ccc(-c2ccc(OC(=O)C(=C)C)c(F)c2)cc1.C=C(C)C(=O)Oc1ccc(-c2ccc(OC(=O)C(=C)C)cc2)cc1. The second-order valence-electron chi connectivity index (χ2n) is 20.4. The van der Waals surface area contributed by atoms with Gasteiger partial charge < -0.3 is 42.6 Å². The maximum absolute atomic E-state index is 14.8. The minimum absolute atomic E-state index is 0.0487. The van der Waals surface area contributed by atoms with E-state index in [0.717, 1.165) is 29.5 Å². The molecule has 17 heteroatoms. The van der Waals surface area contributed by atoms with Gasteiger partial charge in [0.15, 0.2) is 23.1 Å². The molecule has 7 rings (SSSR count). The summed E-state index contributed by atoms with van der Waals surface area (Å²) in [5.41, 5.74) is 6.64. The fourth-order valence-electron chi connectivity index (χ4n) is 7.59. The van der Waals surface area contributed by atoms with Crippen molar-refractivity contribution in [3.05, 3.63) is 205 Å². The molecule has 1 fully saturated rings. The minimum atomic E-state index is -0.691. The fourth-order valence-corrected chi connectivity index (χ4v) is 7.59. The average molecular weight is 1190 g/mol. The Balaban J connectivity index is 0.000000248. The molecule has 15 nitrogen and oxygen atoms in total. The zero-order chi connectivity index (χ0) is 63.6. The summed E-state index contributed by atoms with van der Waals surface area (Å²) in [4.78, 5) is 68.9. The fraction of sp³-hybridized carbons (Fsp3) is 0.257. The highest BCUT2D eigenvalue weighted by molar-refractivity contribution is 5.91. The molecule has 6 aromatic carbocycles. The first-order valence-corrected chi connectivity index (χ1v) is 27.9. The molecule has 456 valence electrons. The maximum atomic E-state index is 14.8. The van der Waals surface area contributed by atoms with Crippen molar-refractivity contribution in [1.82, 2.24) is 0 Å². The molecule has 0 N–H and O–H groups in total. The van der Waals surface area contributed by atoms with Crippen LogP contribution in [0.2, 0.25) is 0 Å². The van der Waals surface area contributed by atoms with Crippen LogP contribution in [0.25, 0.3) is 33.4 Å². The van der Waals surface area contributed by atoms with E-state index in [1.165, 1.54) is 50.8 Å². The van der Waals surface area contributed by atoms with Crippen LogP contribution in [0.3, 0.4) is 0 Å². The van der Waals surface area contributed by atoms with Crippen molar-refractivity contribution in [3.8, 4) is 67.9 Å². The summed E-state index contributed by atoms with van der Waals surface area (Å²) >= 11 is 0. The summed E-state index contributed by atoms with van der Waals surface area (Å²) < 4.78 is 76.0. The molecule has 87 heavy (non-hydrogen) atoms. The molecule has 0 unspecified atom stereocenters. The number of ether oxygens (including phenoxy) is 9. The van der Waals surface area contributed by atoms with Crippen LogP contribution < -0.4 is 28.4 Å². The largest absolute Gasteiger partial charge is 0.508 e. The van der Waals surface area contributed by atoms with Gasteiger partial charge in [-0.25, -0.2) is 37.5 Å². The lowest BCUT2D eigenvalue weighted by Crippen LogP contribution is -2.31. The van der Waals surface area contributed by atoms with Gasteiger partial charge in [-0.2, -0.15) is 0 Å². The zero-order valence-electron chi connectivity index (χ0n) is 49.9. The van der Waals surface area contributed by atoms with Gasteiger partial charge in [0.1, 0.15) is 42.8 Å². The van der Waals surface area contributed by atoms with Gasteiger partial charge in [-0.3, -0.25) is 0 Å². The Kier molecular flexibility index (Phi) is 26.7. The van der Waals surface area contributed by atoms with Crippen LogP contribution in [0, 0.1) is 17.6 Å². The molecule has 6 aromatic rings. The third-order valence-corrected chi connectivity index (χ3v) is 12.5. The lowest BCUT2D eigenvalue weighted by atomic mass is 10.0. The Morgan fingerprint density at radius 3 is 1.25 bits per heavy atom. The number of unbranched alkanes of at least 4 members (excludes halogenated alkanes) is 5. The minimum Gasteiger partial charge on any atom is -0.493 e. The number of hydrogen-bond donors (Lipinski definition) is 0. The number of cyclic esters (lactones) is 2. The number of carbonyl (C=O) groups is 6. The predicted octanol–water partition coefficient (Wildman–Crippen LogP) is 15.8. The number of esters is 5. The molecule has 0 atom stereocenters. The van der Waals surface area contributed by atoms with E-state index in [2.05, 4.69) is 39.8 Å². The van der Waals surface area contributed by atoms with Crippen LogP contribution in [0.1, 0.15) is 85.6 Å². The van der Waals surface area contributed by atoms with Crippen LogP contribution >= 0.6 is 0 Å². The third kappa shape index (κ3) is 22.6. The Bertz CT molecular complexity index is 3370. The molecule has 0 aromatic heterocycles. The van der Waals surface area contributed by atoms with Crippen LogP contribution in [0.15, 0.2) is 188 Å². The number of rotatable bonds is 25. The number of carbonyl (C=O) groups excluding carboxylic acids is 6. The lowest BCUT2D eigenvalue weighted by Gasteiger charge is -2.22. The molecule has 0 amide bonds. The van der Waals surface area contributed by atoms with Gasteiger partial charge in [-0.05, 0) is 147 Å². The average Bonchev–Trinajstić information content (AvgIpc) is 1.78. The van der Waals surface area contributed by atoms with E-state index in [4.69, 9.17) is 42.6 Å². The van der Waals surface area contributed by atoms with Gasteiger partial charge >= 0.3 is 36.0 Å². The van der Waals surface area contributed by atoms with Crippen molar-refractivity contribution in [1.29, 1.82) is 0 Å². The van der Waals surface area contributed by atoms with Crippen molar-refractivity contribution in [2.24, 2.45) is 5.92 Å². The molecule has 0 saturated carbocycles. The highest BCUT2D eigenvalue weighted by Crippen LogP contribution is 2.33. The van der Waals surface area contributed by atoms with E-state index in [1.54, 1.807) is 107 Å². The molecule has 1 heterocycles. The Hall–Kier alpha value is -9.90. The van der Waals surface area contributed by atoms with E-state index in [-0.39, 0.29) is 55.0 Å². The summed E-state index contributed by atoms with van der Waals surface area (Å²) in [6.45, 7) is 28.7. The normalized spacial score (nSPS) is 11.5. The summed E-state index contributed by atoms with van der Waals surface area (Å²) in [5.74, 6) is -2.00. The van der Waals surface area contributed by atoms with Crippen molar-refractivity contribution in [2.45, 2.75) is 86.7 Å². The van der Waals surface area contributed by atoms with Crippen molar-refractivity contribution in [3.63, 3.8) is 0 Å². The predicted molar refractivity (Wildman–Crippen MR) is 327 cm³/mol. The van der Waals surface area contributed by atoms with Gasteiger partial charge in [0.25, 0.3) is 0 Å². The summed E-state index contributed by atoms with van der Waals surface area (Å²) in [5, 5.41) is 0. The summed E-state index contributed by atoms with van der Waals surface area (Å²) in [6, 6.07) is 35.3. The second-order valence-corrected chi connectivity index (χ2v) is 20.4. The quantitative estimate of drug-likeness (QED) is 0.0228. The number of halogens is 2. The number of hydrogen-bond acceptors (Lipinski definition) is 15. The van der Waals surface area contributed by atoms with Crippen LogP contribution in [-0.4, -0.2) is 62.4 Å². The molecular formula is C70H72F2O15. The van der Waals surface area contributed by atoms with Crippen molar-refractivity contribution in [2.75, 3.05) is 26.4 Å². The van der Waals surface area contributed by atoms with E-state index in [0.29, 0.717) is 68.6 Å². The molecule has 1 aliphatic heterocycles. The first-order valence-electron chi connectivity index (χ1n) is 27.9. The van der Waals surface area contributed by atoms with Gasteiger partial charge in [0.2, 0.25) is 0 Å². The Morgan fingerprint density at radius 1 is 0.448 bits per heavy atom. The summed E-state index contributed by atoms with van der Waals surface area (Å²) in [7, 11) is 0. The molecule has 1 aliphatic rings. The van der Waals surface area contributed by atoms with Gasteiger partial charge in [-0.1, -0.05) is 127 Å². The highest BCUT2D eigenvalue weighted by Gasteiger charge is 2.23. The second kappa shape index (κ2) is 34.2. The van der Waals surface area contributed by atoms with Gasteiger partial charge in [0, 0.05) is 33.4 Å². The van der Waals surface area contributed by atoms with Crippen LogP contribution in [0.4, 0.5) is 13.6 Å². The Labute approximate surface area is 506 Å². The third-order valence-electron chi connectivity index (χ3n) is 12.5. The van der Waals surface area contributed by atoms with Crippen molar-refractivity contribution < 1.29 is 80.2 Å². The Morgan fingerprint density at radius 2 is 0.816 bits per heavy atom. The van der Waals surface area contributed by atoms with E-state index in [1.807, 2.05) is 30.3 Å². The molecule has 1 saturated heterocycles. The van der Waals surface area contributed by atoms with Crippen LogP contribution in [0.5, 0.6) is 34.5 Å². The maximum Gasteiger partial charge on any atom is 0.508 e. The standard InChI is InChI=1S/C30H37FO7.C20H17FO4.C20H18O4/c1-4-5-6-7-8-9-14-34-28-13-11-24(16-26(28)31)23-10-12-27(25(15-23)20-36-29(32)21(2)3)35-17-22-18-37-30(33)38-19-22;1-12(2)19(22)24-16-8-5-14(6-9-16)15-7-10-18(17(21)11-15)25-20(23)13(3)4;1-13(2)19(21)23-17-9-5-15(6-10-17)16-7-11-18(12-8-16)24-20(22)14(3)4/h10-13,15-16,22H,2,4-9,14,17-20H2,1,3H3;5-11H,1,3H2,2,4H3;5-12H,1,3H2,2,4H3. The lowest BCUT2D eigenvalue weighted by molar-refractivity contribution is -0.140. The van der Waals surface area contributed by atoms with E-state index >= 15 is 0 Å². The number of benzene rings is 6. The van der Waals surface area contributed by atoms with E-state index < -0.39 is 47.6 Å². The van der Waals surface area contributed by atoms with Gasteiger partial charge in [-0.15, -0.1) is 0 Å². The zero-order valence-corrected chi connectivity index (χ0v) is 49.9. The topological polar surface area (TPSA) is 185 Å². The highest BCUT2D eigenvalue weighted by atomic mass is 19.1. The summed E-state index contributed by atoms with van der Waals surface area (Å²) in [6.07, 6.45) is 6.13. The van der Waals surface area contributed by atoms with Gasteiger partial charge in [0.05, 0.1) is 19.1 Å². The molecular weight excluding hydrogens is 1120 g/mol. The molecule has 0 bridgehead atoms. The molecule has 0 spiro atoms. The van der Waals surface area contributed by atoms with E-state index in [9.17, 15) is 37.5 Å². The smallest absolute Gasteiger partial charge is 0.493 e. The molecule has 0 aliphatic carbocycles. The monoisotopic (exact) mass is 1190 g/mol. The van der Waals surface area contributed by atoms with Crippen LogP contribution in [-0.2, 0) is 44.8 Å². The first kappa shape index (κ1) is 67.9. The van der Waals surface area contributed by atoms with Crippen molar-refractivity contribution >= 4 is 36.0 Å².